The normalized spacial score (nSPS) is 21.0. The van der Waals surface area contributed by atoms with Gasteiger partial charge in [0.2, 0.25) is 0 Å². The maximum Gasteiger partial charge on any atom is 0.311 e. The van der Waals surface area contributed by atoms with E-state index in [0.717, 1.165) is 51.7 Å². The van der Waals surface area contributed by atoms with Crippen LogP contribution in [0.25, 0.3) is 0 Å². The zero-order valence-corrected chi connectivity index (χ0v) is 17.1. The molecule has 148 valence electrons. The number of carbonyl (C=O) groups is 1. The summed E-state index contributed by atoms with van der Waals surface area (Å²) in [6, 6.07) is 0. The topological polar surface area (TPSA) is 54.0 Å². The Bertz CT molecular complexity index is 386. The third-order valence-corrected chi connectivity index (χ3v) is 4.80. The molecule has 0 amide bonds. The third kappa shape index (κ3) is 8.06. The lowest BCUT2D eigenvalue weighted by Gasteiger charge is -2.43. The molecule has 1 saturated heterocycles. The summed E-state index contributed by atoms with van der Waals surface area (Å²) in [5.41, 5.74) is -0.337. The maximum absolute atomic E-state index is 11.8. The van der Waals surface area contributed by atoms with Crippen molar-refractivity contribution >= 4 is 5.97 Å². The summed E-state index contributed by atoms with van der Waals surface area (Å²) in [6.07, 6.45) is 5.92. The van der Waals surface area contributed by atoms with Gasteiger partial charge in [0.1, 0.15) is 0 Å². The summed E-state index contributed by atoms with van der Waals surface area (Å²) < 4.78 is 22.0. The first-order valence-corrected chi connectivity index (χ1v) is 9.75. The van der Waals surface area contributed by atoms with E-state index in [4.69, 9.17) is 18.9 Å². The van der Waals surface area contributed by atoms with Crippen molar-refractivity contribution in [1.29, 1.82) is 0 Å². The smallest absolute Gasteiger partial charge is 0.311 e. The van der Waals surface area contributed by atoms with E-state index in [1.165, 1.54) is 0 Å². The molecule has 0 aliphatic carbocycles. The van der Waals surface area contributed by atoms with Crippen molar-refractivity contribution in [1.82, 2.24) is 0 Å². The largest absolute Gasteiger partial charge is 0.466 e. The van der Waals surface area contributed by atoms with Crippen LogP contribution in [0.4, 0.5) is 0 Å². The Labute approximate surface area is 153 Å². The summed E-state index contributed by atoms with van der Waals surface area (Å²) in [5, 5.41) is 0. The predicted octanol–water partition coefficient (Wildman–Crippen LogP) is 4.68. The maximum atomic E-state index is 11.8. The fourth-order valence-electron chi connectivity index (χ4n) is 2.93. The molecule has 0 aromatic carbocycles. The number of hydrogen-bond acceptors (Lipinski definition) is 5. The molecule has 0 unspecified atom stereocenters. The molecular weight excluding hydrogens is 320 g/mol. The molecule has 5 heteroatoms. The van der Waals surface area contributed by atoms with Crippen LogP contribution < -0.4 is 0 Å². The van der Waals surface area contributed by atoms with Gasteiger partial charge in [-0.15, -0.1) is 0 Å². The van der Waals surface area contributed by atoms with Crippen molar-refractivity contribution in [3.63, 3.8) is 0 Å². The molecule has 0 saturated carbocycles. The van der Waals surface area contributed by atoms with Gasteiger partial charge in [0.15, 0.2) is 12.6 Å². The van der Waals surface area contributed by atoms with Crippen molar-refractivity contribution in [3.8, 4) is 0 Å². The molecule has 1 rings (SSSR count). The Morgan fingerprint density at radius 3 is 2.04 bits per heavy atom. The number of hydrogen-bond donors (Lipinski definition) is 0. The van der Waals surface area contributed by atoms with E-state index in [0.29, 0.717) is 6.61 Å². The second kappa shape index (κ2) is 10.5. The average molecular weight is 359 g/mol. The van der Waals surface area contributed by atoms with Gasteiger partial charge in [-0.25, -0.2) is 0 Å². The minimum absolute atomic E-state index is 0.0542. The summed E-state index contributed by atoms with van der Waals surface area (Å²) in [5.74, 6) is -0.104. The number of ether oxygens (including phenoxy) is 4. The van der Waals surface area contributed by atoms with E-state index in [1.807, 2.05) is 27.7 Å². The van der Waals surface area contributed by atoms with Gasteiger partial charge >= 0.3 is 5.97 Å². The van der Waals surface area contributed by atoms with Gasteiger partial charge < -0.3 is 18.9 Å². The minimum Gasteiger partial charge on any atom is -0.466 e. The van der Waals surface area contributed by atoms with Crippen LogP contribution in [-0.4, -0.2) is 38.4 Å². The molecule has 0 aromatic rings. The lowest BCUT2D eigenvalue weighted by Crippen LogP contribution is -2.48. The van der Waals surface area contributed by atoms with Gasteiger partial charge in [-0.3, -0.25) is 4.79 Å². The van der Waals surface area contributed by atoms with Gasteiger partial charge in [0, 0.05) is 18.6 Å². The van der Waals surface area contributed by atoms with E-state index in [2.05, 4.69) is 13.8 Å². The van der Waals surface area contributed by atoms with Crippen LogP contribution in [0.5, 0.6) is 0 Å². The van der Waals surface area contributed by atoms with Crippen molar-refractivity contribution in [2.45, 2.75) is 92.6 Å². The Morgan fingerprint density at radius 1 is 0.960 bits per heavy atom. The van der Waals surface area contributed by atoms with E-state index in [9.17, 15) is 4.79 Å². The SMILES string of the molecule is CCOC(=O)C(C)(C)CCCCOCCCCC(C)(C)C1OC(C)O1. The fourth-order valence-corrected chi connectivity index (χ4v) is 2.93. The molecular formula is C20H38O5. The van der Waals surface area contributed by atoms with Crippen LogP contribution in [-0.2, 0) is 23.7 Å². The van der Waals surface area contributed by atoms with Crippen LogP contribution in [0.1, 0.15) is 80.1 Å². The molecule has 1 heterocycles. The Balaban J connectivity index is 1.97. The number of rotatable bonds is 13. The zero-order valence-electron chi connectivity index (χ0n) is 17.1. The summed E-state index contributed by atoms with van der Waals surface area (Å²) in [4.78, 5) is 11.8. The van der Waals surface area contributed by atoms with Gasteiger partial charge in [-0.1, -0.05) is 26.7 Å². The Hall–Kier alpha value is -0.650. The number of esters is 1. The second-order valence-corrected chi connectivity index (χ2v) is 8.29. The van der Waals surface area contributed by atoms with E-state index >= 15 is 0 Å². The van der Waals surface area contributed by atoms with Crippen LogP contribution in [0, 0.1) is 10.8 Å². The van der Waals surface area contributed by atoms with E-state index in [-0.39, 0.29) is 24.0 Å². The molecule has 1 aliphatic heterocycles. The lowest BCUT2D eigenvalue weighted by molar-refractivity contribution is -0.407. The van der Waals surface area contributed by atoms with Gasteiger partial charge in [0.05, 0.1) is 12.0 Å². The highest BCUT2D eigenvalue weighted by Crippen LogP contribution is 2.36. The fraction of sp³-hybridized carbons (Fsp3) is 0.950. The molecule has 0 bridgehead atoms. The predicted molar refractivity (Wildman–Crippen MR) is 98.1 cm³/mol. The molecule has 0 spiro atoms. The molecule has 0 aromatic heterocycles. The highest BCUT2D eigenvalue weighted by atomic mass is 16.9. The van der Waals surface area contributed by atoms with Crippen LogP contribution in [0.2, 0.25) is 0 Å². The van der Waals surface area contributed by atoms with Crippen molar-refractivity contribution in [2.75, 3.05) is 19.8 Å². The van der Waals surface area contributed by atoms with Crippen molar-refractivity contribution < 1.29 is 23.7 Å². The molecule has 1 fully saturated rings. The van der Waals surface area contributed by atoms with Gasteiger partial charge in [-0.2, -0.15) is 0 Å². The molecule has 1 aliphatic rings. The first kappa shape index (κ1) is 22.4. The van der Waals surface area contributed by atoms with Gasteiger partial charge in [0.25, 0.3) is 0 Å². The average Bonchev–Trinajstić information content (AvgIpc) is 2.50. The van der Waals surface area contributed by atoms with Gasteiger partial charge in [-0.05, 0) is 53.4 Å². The number of carbonyl (C=O) groups excluding carboxylic acids is 1. The van der Waals surface area contributed by atoms with E-state index < -0.39 is 5.41 Å². The van der Waals surface area contributed by atoms with E-state index in [1.54, 1.807) is 0 Å². The summed E-state index contributed by atoms with van der Waals surface area (Å²) >= 11 is 0. The quantitative estimate of drug-likeness (QED) is 0.353. The van der Waals surface area contributed by atoms with Crippen LogP contribution in [0.3, 0.4) is 0 Å². The second-order valence-electron chi connectivity index (χ2n) is 8.29. The summed E-state index contributed by atoms with van der Waals surface area (Å²) in [6.45, 7) is 14.0. The highest BCUT2D eigenvalue weighted by molar-refractivity contribution is 5.75. The highest BCUT2D eigenvalue weighted by Gasteiger charge is 2.39. The van der Waals surface area contributed by atoms with Crippen molar-refractivity contribution in [3.05, 3.63) is 0 Å². The number of unbranched alkanes of at least 4 members (excludes halogenated alkanes) is 2. The third-order valence-electron chi connectivity index (χ3n) is 4.80. The van der Waals surface area contributed by atoms with Crippen LogP contribution >= 0.6 is 0 Å². The van der Waals surface area contributed by atoms with Crippen molar-refractivity contribution in [2.24, 2.45) is 10.8 Å². The lowest BCUT2D eigenvalue weighted by atomic mass is 9.85. The Kier molecular flexibility index (Phi) is 9.39. The standard InChI is InChI=1S/C20H38O5/c1-7-23-17(21)19(3,4)12-8-10-14-22-15-11-9-13-20(5,6)18-24-16(2)25-18/h16,18H,7-15H2,1-6H3. The molecule has 25 heavy (non-hydrogen) atoms. The first-order chi connectivity index (χ1) is 11.7. The molecule has 0 atom stereocenters. The zero-order chi connectivity index (χ0) is 18.9. The molecule has 5 nitrogen and oxygen atoms in total. The summed E-state index contributed by atoms with van der Waals surface area (Å²) in [7, 11) is 0. The van der Waals surface area contributed by atoms with Crippen LogP contribution in [0.15, 0.2) is 0 Å². The first-order valence-electron chi connectivity index (χ1n) is 9.75. The monoisotopic (exact) mass is 358 g/mol. The minimum atomic E-state index is -0.398. The molecule has 0 radical (unpaired) electrons. The Morgan fingerprint density at radius 2 is 1.52 bits per heavy atom. The molecule has 0 N–H and O–H groups in total.